The number of aromatic nitrogens is 2. The topological polar surface area (TPSA) is 73.4 Å². The molecule has 4 aromatic rings. The van der Waals surface area contributed by atoms with Crippen LogP contribution in [0, 0.1) is 6.92 Å². The Bertz CT molecular complexity index is 1410. The second-order valence-corrected chi connectivity index (χ2v) is 10.6. The normalized spacial score (nSPS) is 14.6. The van der Waals surface area contributed by atoms with Crippen LogP contribution in [0.25, 0.3) is 32.2 Å². The summed E-state index contributed by atoms with van der Waals surface area (Å²) in [4.78, 5) is 20.1. The first-order valence-corrected chi connectivity index (χ1v) is 12.2. The fraction of sp³-hybridized carbons (Fsp3) is 0.360. The fourth-order valence-electron chi connectivity index (χ4n) is 4.72. The third kappa shape index (κ3) is 4.08. The van der Waals surface area contributed by atoms with Gasteiger partial charge >= 0.3 is 4.87 Å². The second kappa shape index (κ2) is 8.48. The Morgan fingerprint density at radius 1 is 1.30 bits per heavy atom. The zero-order chi connectivity index (χ0) is 23.3. The van der Waals surface area contributed by atoms with Crippen LogP contribution in [0.2, 0.25) is 0 Å². The number of aryl methyl sites for hydroxylation is 1. The zero-order valence-corrected chi connectivity index (χ0v) is 21.1. The van der Waals surface area contributed by atoms with E-state index in [1.165, 1.54) is 16.9 Å². The van der Waals surface area contributed by atoms with Gasteiger partial charge in [0.15, 0.2) is 0 Å². The molecule has 0 fully saturated rings. The van der Waals surface area contributed by atoms with Gasteiger partial charge < -0.3 is 19.0 Å². The number of nitrogens with zero attached hydrogens (tertiary/aromatic N) is 1. The van der Waals surface area contributed by atoms with Crippen molar-refractivity contribution < 1.29 is 14.0 Å². The molecular formula is C25H27N2O4PS. The Morgan fingerprint density at radius 2 is 2.12 bits per heavy atom. The molecule has 2 aromatic carbocycles. The molecule has 2 aromatic heterocycles. The van der Waals surface area contributed by atoms with Gasteiger partial charge in [0, 0.05) is 38.6 Å². The molecule has 1 aliphatic rings. The van der Waals surface area contributed by atoms with E-state index in [4.69, 9.17) is 19.0 Å². The Kier molecular flexibility index (Phi) is 5.78. The number of hydrogen-bond acceptors (Lipinski definition) is 6. The molecular weight excluding hydrogens is 455 g/mol. The first-order valence-electron chi connectivity index (χ1n) is 11.0. The predicted octanol–water partition coefficient (Wildman–Crippen LogP) is 5.71. The largest absolute Gasteiger partial charge is 0.493 e. The van der Waals surface area contributed by atoms with Gasteiger partial charge in [0.1, 0.15) is 11.9 Å². The van der Waals surface area contributed by atoms with Crippen molar-refractivity contribution in [2.45, 2.75) is 45.8 Å². The lowest BCUT2D eigenvalue weighted by atomic mass is 9.89. The summed E-state index contributed by atoms with van der Waals surface area (Å²) in [5, 5.41) is 1.04. The molecule has 0 spiro atoms. The lowest BCUT2D eigenvalue weighted by molar-refractivity contribution is -0.0761. The maximum atomic E-state index is 12.4. The highest BCUT2D eigenvalue weighted by Crippen LogP contribution is 2.45. The highest BCUT2D eigenvalue weighted by atomic mass is 32.1. The summed E-state index contributed by atoms with van der Waals surface area (Å²) in [5.41, 5.74) is 6.50. The average Bonchev–Trinajstić information content (AvgIpc) is 3.12. The molecule has 6 nitrogen and oxygen atoms in total. The van der Waals surface area contributed by atoms with Gasteiger partial charge in [-0.25, -0.2) is 0 Å². The van der Waals surface area contributed by atoms with Gasteiger partial charge in [-0.1, -0.05) is 11.3 Å². The molecule has 1 N–H and O–H groups in total. The monoisotopic (exact) mass is 482 g/mol. The molecule has 0 saturated carbocycles. The van der Waals surface area contributed by atoms with Gasteiger partial charge in [0.2, 0.25) is 0 Å². The van der Waals surface area contributed by atoms with E-state index < -0.39 is 0 Å². The predicted molar refractivity (Wildman–Crippen MR) is 136 cm³/mol. The van der Waals surface area contributed by atoms with Crippen molar-refractivity contribution in [3.05, 3.63) is 56.8 Å². The first-order chi connectivity index (χ1) is 15.8. The minimum atomic E-state index is -0.385. The number of rotatable bonds is 5. The molecule has 8 heteroatoms. The quantitative estimate of drug-likeness (QED) is 0.369. The van der Waals surface area contributed by atoms with E-state index in [1.807, 2.05) is 39.1 Å². The highest BCUT2D eigenvalue weighted by molar-refractivity contribution is 7.17. The number of pyridine rings is 1. The average molecular weight is 483 g/mol. The molecule has 0 aliphatic carbocycles. The number of nitrogens with one attached hydrogen (secondary N) is 1. The van der Waals surface area contributed by atoms with Crippen molar-refractivity contribution in [2.75, 3.05) is 13.2 Å². The third-order valence-corrected chi connectivity index (χ3v) is 6.97. The van der Waals surface area contributed by atoms with Crippen molar-refractivity contribution in [3.63, 3.8) is 0 Å². The Balaban J connectivity index is 1.88. The Hall–Kier alpha value is -2.31. The van der Waals surface area contributed by atoms with E-state index in [0.717, 1.165) is 55.5 Å². The standard InChI is InChI=1S/C25H27N2O4PS/c1-13-11-16-23(33-24(28)27-16)21(19(13)18(12-30-32)31-25(2,3)4)15-5-6-17-20-14(8-10-29-17)7-9-26-22(15)20/h5-7,9,11,18H,8,10,12,32H2,1-4H3,(H,27,28)/t18-/m1/s1. The zero-order valence-electron chi connectivity index (χ0n) is 19.2. The van der Waals surface area contributed by atoms with Gasteiger partial charge in [-0.2, -0.15) is 0 Å². The molecule has 0 bridgehead atoms. The lowest BCUT2D eigenvalue weighted by Crippen LogP contribution is -2.25. The summed E-state index contributed by atoms with van der Waals surface area (Å²) < 4.78 is 18.8. The Morgan fingerprint density at radius 3 is 2.88 bits per heavy atom. The van der Waals surface area contributed by atoms with Gasteiger partial charge in [-0.15, -0.1) is 0 Å². The minimum Gasteiger partial charge on any atom is -0.493 e. The van der Waals surface area contributed by atoms with Gasteiger partial charge in [0.25, 0.3) is 0 Å². The molecule has 33 heavy (non-hydrogen) atoms. The molecule has 172 valence electrons. The number of aromatic amines is 1. The maximum Gasteiger partial charge on any atom is 0.305 e. The van der Waals surface area contributed by atoms with Crippen LogP contribution >= 0.6 is 20.8 Å². The summed E-state index contributed by atoms with van der Waals surface area (Å²) in [6.45, 7) is 9.18. The summed E-state index contributed by atoms with van der Waals surface area (Å²) >= 11 is 1.21. The van der Waals surface area contributed by atoms with Crippen LogP contribution in [0.3, 0.4) is 0 Å². The molecule has 0 amide bonds. The molecule has 5 rings (SSSR count). The number of H-pyrrole nitrogens is 1. The number of fused-ring (bicyclic) bond motifs is 1. The van der Waals surface area contributed by atoms with Gasteiger partial charge in [-0.05, 0) is 68.7 Å². The minimum absolute atomic E-state index is 0.0857. The van der Waals surface area contributed by atoms with Crippen LogP contribution < -0.4 is 9.61 Å². The molecule has 1 aliphatic heterocycles. The van der Waals surface area contributed by atoms with E-state index in [9.17, 15) is 4.79 Å². The number of hydrogen-bond donors (Lipinski definition) is 1. The van der Waals surface area contributed by atoms with E-state index in [2.05, 4.69) is 33.5 Å². The summed E-state index contributed by atoms with van der Waals surface area (Å²) in [6.07, 6.45) is 2.37. The number of ether oxygens (including phenoxy) is 2. The first kappa shape index (κ1) is 22.5. The van der Waals surface area contributed by atoms with Crippen LogP contribution in [0.1, 0.15) is 43.6 Å². The Labute approximate surface area is 198 Å². The third-order valence-electron chi connectivity index (χ3n) is 5.86. The van der Waals surface area contributed by atoms with E-state index >= 15 is 0 Å². The van der Waals surface area contributed by atoms with Crippen LogP contribution in [0.5, 0.6) is 5.75 Å². The van der Waals surface area contributed by atoms with Crippen LogP contribution in [-0.4, -0.2) is 28.8 Å². The van der Waals surface area contributed by atoms with Gasteiger partial charge in [0.05, 0.1) is 34.5 Å². The van der Waals surface area contributed by atoms with Crippen molar-refractivity contribution in [2.24, 2.45) is 0 Å². The van der Waals surface area contributed by atoms with Crippen molar-refractivity contribution in [1.29, 1.82) is 0 Å². The molecule has 1 unspecified atom stereocenters. The summed E-state index contributed by atoms with van der Waals surface area (Å²) in [5.74, 6) is 0.853. The van der Waals surface area contributed by atoms with Crippen molar-refractivity contribution >= 4 is 41.9 Å². The van der Waals surface area contributed by atoms with Crippen molar-refractivity contribution in [1.82, 2.24) is 9.97 Å². The maximum absolute atomic E-state index is 12.4. The molecule has 2 atom stereocenters. The van der Waals surface area contributed by atoms with Gasteiger partial charge in [-0.3, -0.25) is 9.78 Å². The molecule has 0 saturated heterocycles. The van der Waals surface area contributed by atoms with E-state index in [1.54, 1.807) is 0 Å². The molecule has 3 heterocycles. The number of thiazole rings is 1. The number of benzene rings is 2. The van der Waals surface area contributed by atoms with Crippen LogP contribution in [0.15, 0.2) is 35.3 Å². The lowest BCUT2D eigenvalue weighted by Gasteiger charge is -2.30. The fourth-order valence-corrected chi connectivity index (χ4v) is 5.78. The summed E-state index contributed by atoms with van der Waals surface area (Å²) in [6, 6.07) is 8.15. The smallest absolute Gasteiger partial charge is 0.305 e. The van der Waals surface area contributed by atoms with Crippen LogP contribution in [-0.2, 0) is 15.7 Å². The summed E-state index contributed by atoms with van der Waals surface area (Å²) in [7, 11) is 2.33. The second-order valence-electron chi connectivity index (χ2n) is 9.33. The van der Waals surface area contributed by atoms with E-state index in [0.29, 0.717) is 13.2 Å². The van der Waals surface area contributed by atoms with E-state index in [-0.39, 0.29) is 16.6 Å². The highest BCUT2D eigenvalue weighted by Gasteiger charge is 2.29. The van der Waals surface area contributed by atoms with Crippen LogP contribution in [0.4, 0.5) is 0 Å². The SMILES string of the molecule is Cc1cc2[nH]c(=O)sc2c(-c2ccc3c4c(ccnc24)CCO3)c1[C@@H](COP)OC(C)(C)C. The van der Waals surface area contributed by atoms with Crippen molar-refractivity contribution in [3.8, 4) is 16.9 Å². The molecule has 0 radical (unpaired) electrons.